The van der Waals surface area contributed by atoms with Gasteiger partial charge in [0.25, 0.3) is 0 Å². The van der Waals surface area contributed by atoms with Crippen molar-refractivity contribution in [1.82, 2.24) is 15.4 Å². The maximum Gasteiger partial charge on any atom is 0.230 e. The topological polar surface area (TPSA) is 58.4 Å². The molecular weight excluding hydrogens is 298 g/mol. The SMILES string of the molecule is CCCN1CCC(NC(=O)CSCc2c(C)noc2C)CC1. The van der Waals surface area contributed by atoms with Crippen LogP contribution in [0.3, 0.4) is 0 Å². The summed E-state index contributed by atoms with van der Waals surface area (Å²) in [7, 11) is 0. The Morgan fingerprint density at radius 3 is 2.73 bits per heavy atom. The van der Waals surface area contributed by atoms with Crippen LogP contribution in [0.25, 0.3) is 0 Å². The molecule has 1 fully saturated rings. The number of hydrogen-bond acceptors (Lipinski definition) is 5. The second-order valence-corrected chi connectivity index (χ2v) is 6.96. The Morgan fingerprint density at radius 1 is 1.41 bits per heavy atom. The number of aryl methyl sites for hydroxylation is 2. The first kappa shape index (κ1) is 17.3. The molecule has 1 aromatic rings. The number of carbonyl (C=O) groups excluding carboxylic acids is 1. The Labute approximate surface area is 137 Å². The van der Waals surface area contributed by atoms with E-state index in [0.717, 1.165) is 48.7 Å². The predicted octanol–water partition coefficient (Wildman–Crippen LogP) is 2.52. The average molecular weight is 325 g/mol. The first-order chi connectivity index (χ1) is 10.6. The summed E-state index contributed by atoms with van der Waals surface area (Å²) in [5, 5.41) is 7.10. The molecule has 0 atom stereocenters. The molecule has 0 bridgehead atoms. The molecule has 0 aliphatic carbocycles. The van der Waals surface area contributed by atoms with E-state index < -0.39 is 0 Å². The summed E-state index contributed by atoms with van der Waals surface area (Å²) in [6, 6.07) is 0.347. The monoisotopic (exact) mass is 325 g/mol. The number of rotatable bonds is 7. The zero-order valence-corrected chi connectivity index (χ0v) is 14.7. The molecule has 1 saturated heterocycles. The van der Waals surface area contributed by atoms with Crippen LogP contribution in [0.4, 0.5) is 0 Å². The molecule has 1 aliphatic rings. The zero-order valence-electron chi connectivity index (χ0n) is 13.9. The minimum atomic E-state index is 0.144. The molecule has 1 aromatic heterocycles. The number of carbonyl (C=O) groups is 1. The Bertz CT molecular complexity index is 462. The van der Waals surface area contributed by atoms with Crippen LogP contribution in [0.15, 0.2) is 4.52 Å². The predicted molar refractivity (Wildman–Crippen MR) is 90.0 cm³/mol. The Balaban J connectivity index is 1.64. The highest BCUT2D eigenvalue weighted by Crippen LogP contribution is 2.19. The number of nitrogens with one attached hydrogen (secondary N) is 1. The fourth-order valence-electron chi connectivity index (χ4n) is 2.84. The molecule has 1 amide bonds. The molecule has 0 saturated carbocycles. The van der Waals surface area contributed by atoms with Gasteiger partial charge in [0.1, 0.15) is 5.76 Å². The Morgan fingerprint density at radius 2 is 2.14 bits per heavy atom. The summed E-state index contributed by atoms with van der Waals surface area (Å²) in [6.45, 7) is 9.45. The molecule has 0 spiro atoms. The molecule has 0 unspecified atom stereocenters. The molecule has 2 heterocycles. The van der Waals surface area contributed by atoms with E-state index in [1.54, 1.807) is 11.8 Å². The van der Waals surface area contributed by atoms with Crippen molar-refractivity contribution in [3.05, 3.63) is 17.0 Å². The fraction of sp³-hybridized carbons (Fsp3) is 0.750. The molecule has 0 radical (unpaired) electrons. The summed E-state index contributed by atoms with van der Waals surface area (Å²) in [4.78, 5) is 14.5. The Kier molecular flexibility index (Phi) is 6.76. The van der Waals surface area contributed by atoms with Crippen LogP contribution in [0, 0.1) is 13.8 Å². The highest BCUT2D eigenvalue weighted by molar-refractivity contribution is 7.99. The van der Waals surface area contributed by atoms with Gasteiger partial charge in [-0.15, -0.1) is 11.8 Å². The van der Waals surface area contributed by atoms with E-state index >= 15 is 0 Å². The number of hydrogen-bond donors (Lipinski definition) is 1. The second-order valence-electron chi connectivity index (χ2n) is 5.98. The summed E-state index contributed by atoms with van der Waals surface area (Å²) in [6.07, 6.45) is 3.34. The molecule has 5 nitrogen and oxygen atoms in total. The van der Waals surface area contributed by atoms with Crippen LogP contribution in [-0.2, 0) is 10.5 Å². The molecule has 124 valence electrons. The first-order valence-corrected chi connectivity index (χ1v) is 9.26. The van der Waals surface area contributed by atoms with Gasteiger partial charge >= 0.3 is 0 Å². The summed E-state index contributed by atoms with van der Waals surface area (Å²) in [5.74, 6) is 2.28. The number of amides is 1. The van der Waals surface area contributed by atoms with Crippen molar-refractivity contribution >= 4 is 17.7 Å². The van der Waals surface area contributed by atoms with Gasteiger partial charge in [0.2, 0.25) is 5.91 Å². The summed E-state index contributed by atoms with van der Waals surface area (Å²) in [5.41, 5.74) is 2.04. The van der Waals surface area contributed by atoms with Gasteiger partial charge in [-0.2, -0.15) is 0 Å². The standard InChI is InChI=1S/C16H27N3O2S/c1-4-7-19-8-5-14(6-9-19)17-16(20)11-22-10-15-12(2)18-21-13(15)3/h14H,4-11H2,1-3H3,(H,17,20). The lowest BCUT2D eigenvalue weighted by atomic mass is 10.1. The van der Waals surface area contributed by atoms with Gasteiger partial charge in [0.05, 0.1) is 11.4 Å². The lowest BCUT2D eigenvalue weighted by molar-refractivity contribution is -0.119. The first-order valence-electron chi connectivity index (χ1n) is 8.11. The maximum atomic E-state index is 12.0. The van der Waals surface area contributed by atoms with Gasteiger partial charge in [-0.3, -0.25) is 4.79 Å². The van der Waals surface area contributed by atoms with Crippen molar-refractivity contribution in [3.63, 3.8) is 0 Å². The fourth-order valence-corrected chi connectivity index (χ4v) is 3.83. The van der Waals surface area contributed by atoms with E-state index in [-0.39, 0.29) is 5.91 Å². The van der Waals surface area contributed by atoms with Gasteiger partial charge in [0, 0.05) is 30.4 Å². The number of likely N-dealkylation sites (tertiary alicyclic amines) is 1. The highest BCUT2D eigenvalue weighted by atomic mass is 32.2. The number of aromatic nitrogens is 1. The van der Waals surface area contributed by atoms with Gasteiger partial charge in [-0.1, -0.05) is 12.1 Å². The lowest BCUT2D eigenvalue weighted by Crippen LogP contribution is -2.45. The number of piperidine rings is 1. The maximum absolute atomic E-state index is 12.0. The van der Waals surface area contributed by atoms with Gasteiger partial charge < -0.3 is 14.7 Å². The molecular formula is C16H27N3O2S. The number of nitrogens with zero attached hydrogens (tertiary/aromatic N) is 2. The average Bonchev–Trinajstić information content (AvgIpc) is 2.81. The van der Waals surface area contributed by atoms with E-state index in [4.69, 9.17) is 4.52 Å². The van der Waals surface area contributed by atoms with Crippen LogP contribution < -0.4 is 5.32 Å². The third kappa shape index (κ3) is 5.02. The largest absolute Gasteiger partial charge is 0.361 e. The van der Waals surface area contributed by atoms with E-state index in [1.807, 2.05) is 13.8 Å². The van der Waals surface area contributed by atoms with Crippen molar-refractivity contribution in [2.75, 3.05) is 25.4 Å². The van der Waals surface area contributed by atoms with Crippen LogP contribution in [-0.4, -0.2) is 47.4 Å². The van der Waals surface area contributed by atoms with Gasteiger partial charge in [-0.05, 0) is 39.7 Å². The van der Waals surface area contributed by atoms with Crippen molar-refractivity contribution in [2.24, 2.45) is 0 Å². The van der Waals surface area contributed by atoms with Crippen molar-refractivity contribution in [3.8, 4) is 0 Å². The van der Waals surface area contributed by atoms with Crippen LogP contribution in [0.2, 0.25) is 0 Å². The summed E-state index contributed by atoms with van der Waals surface area (Å²) >= 11 is 1.62. The molecule has 1 N–H and O–H groups in total. The minimum Gasteiger partial charge on any atom is -0.361 e. The lowest BCUT2D eigenvalue weighted by Gasteiger charge is -2.32. The van der Waals surface area contributed by atoms with E-state index in [1.165, 1.54) is 13.0 Å². The third-order valence-electron chi connectivity index (χ3n) is 4.15. The van der Waals surface area contributed by atoms with E-state index in [0.29, 0.717) is 11.8 Å². The van der Waals surface area contributed by atoms with Crippen LogP contribution in [0.1, 0.15) is 43.2 Å². The molecule has 1 aliphatic heterocycles. The van der Waals surface area contributed by atoms with E-state index in [2.05, 4.69) is 22.3 Å². The van der Waals surface area contributed by atoms with E-state index in [9.17, 15) is 4.79 Å². The zero-order chi connectivity index (χ0) is 15.9. The van der Waals surface area contributed by atoms with Gasteiger partial charge in [-0.25, -0.2) is 0 Å². The molecule has 22 heavy (non-hydrogen) atoms. The number of thioether (sulfide) groups is 1. The van der Waals surface area contributed by atoms with Gasteiger partial charge in [0.15, 0.2) is 0 Å². The molecule has 2 rings (SSSR count). The van der Waals surface area contributed by atoms with Crippen molar-refractivity contribution in [2.45, 2.75) is 51.8 Å². The highest BCUT2D eigenvalue weighted by Gasteiger charge is 2.20. The van der Waals surface area contributed by atoms with Crippen molar-refractivity contribution in [1.29, 1.82) is 0 Å². The minimum absolute atomic E-state index is 0.144. The molecule has 0 aromatic carbocycles. The molecule has 6 heteroatoms. The van der Waals surface area contributed by atoms with Crippen LogP contribution >= 0.6 is 11.8 Å². The van der Waals surface area contributed by atoms with Crippen molar-refractivity contribution < 1.29 is 9.32 Å². The third-order valence-corrected chi connectivity index (χ3v) is 5.11. The summed E-state index contributed by atoms with van der Waals surface area (Å²) < 4.78 is 5.14. The normalized spacial score (nSPS) is 16.9. The second kappa shape index (κ2) is 8.58. The smallest absolute Gasteiger partial charge is 0.230 e. The van der Waals surface area contributed by atoms with Crippen LogP contribution in [0.5, 0.6) is 0 Å². The Hall–Kier alpha value is -1.01. The quantitative estimate of drug-likeness (QED) is 0.835.